The fraction of sp³-hybridized carbons (Fsp3) is 0.458. The molecule has 0 N–H and O–H groups in total. The summed E-state index contributed by atoms with van der Waals surface area (Å²) in [5.74, 6) is 0.442. The Hall–Kier alpha value is -3.13. The Morgan fingerprint density at radius 3 is 2.59 bits per heavy atom. The summed E-state index contributed by atoms with van der Waals surface area (Å²) in [6.45, 7) is 0.628. The molecule has 2 aromatic carbocycles. The van der Waals surface area contributed by atoms with Gasteiger partial charge in [0.05, 0.1) is 12.7 Å². The minimum absolute atomic E-state index is 0.134. The molecule has 1 aliphatic carbocycles. The molecule has 1 saturated carbocycles. The monoisotopic (exact) mass is 442 g/mol. The first kappa shape index (κ1) is 23.5. The molecular formula is C24H30N2O6. The van der Waals surface area contributed by atoms with Gasteiger partial charge in [-0.25, -0.2) is 4.79 Å². The number of ether oxygens (including phenoxy) is 2. The number of hydrogen-bond donors (Lipinski definition) is 0. The molecule has 0 amide bonds. The van der Waals surface area contributed by atoms with Crippen molar-refractivity contribution in [3.63, 3.8) is 0 Å². The van der Waals surface area contributed by atoms with E-state index in [2.05, 4.69) is 9.74 Å². The molecule has 32 heavy (non-hydrogen) atoms. The molecule has 1 fully saturated rings. The van der Waals surface area contributed by atoms with Gasteiger partial charge in [0.1, 0.15) is 18.0 Å². The van der Waals surface area contributed by atoms with Crippen LogP contribution < -0.4 is 4.74 Å². The van der Waals surface area contributed by atoms with Crippen LogP contribution in [0.5, 0.6) is 5.75 Å². The number of benzene rings is 2. The van der Waals surface area contributed by atoms with Gasteiger partial charge in [-0.3, -0.25) is 0 Å². The van der Waals surface area contributed by atoms with Gasteiger partial charge in [-0.05, 0) is 68.8 Å². The maximum Gasteiger partial charge on any atom is 0.339 e. The Balaban J connectivity index is 1.91. The molecule has 2 aromatic rings. The van der Waals surface area contributed by atoms with Gasteiger partial charge in [-0.1, -0.05) is 30.7 Å². The quantitative estimate of drug-likeness (QED) is 0.326. The third kappa shape index (κ3) is 5.56. The van der Waals surface area contributed by atoms with Gasteiger partial charge >= 0.3 is 5.97 Å². The largest absolute Gasteiger partial charge is 0.497 e. The molecule has 172 valence electrons. The number of carbonyl (C=O) groups excluding carboxylic acids is 1. The highest BCUT2D eigenvalue weighted by atomic mass is 16.9. The predicted octanol–water partition coefficient (Wildman–Crippen LogP) is 4.21. The number of methoxy groups -OCH3 is 1. The molecule has 8 nitrogen and oxygen atoms in total. The van der Waals surface area contributed by atoms with Crippen molar-refractivity contribution in [3.05, 3.63) is 75.3 Å². The fourth-order valence-corrected chi connectivity index (χ4v) is 4.44. The van der Waals surface area contributed by atoms with Crippen LogP contribution in [0.25, 0.3) is 0 Å². The van der Waals surface area contributed by atoms with Crippen LogP contribution in [-0.4, -0.2) is 43.7 Å². The van der Waals surface area contributed by atoms with E-state index in [0.717, 1.165) is 43.5 Å². The highest BCUT2D eigenvalue weighted by molar-refractivity contribution is 5.89. The highest BCUT2D eigenvalue weighted by Crippen LogP contribution is 2.46. The van der Waals surface area contributed by atoms with Crippen molar-refractivity contribution >= 4 is 5.97 Å². The number of rotatable bonds is 9. The summed E-state index contributed by atoms with van der Waals surface area (Å²) in [7, 11) is 5.68. The Bertz CT molecular complexity index is 930. The summed E-state index contributed by atoms with van der Waals surface area (Å²) in [5.41, 5.74) is 1.17. The lowest BCUT2D eigenvalue weighted by Crippen LogP contribution is -2.46. The first-order valence-corrected chi connectivity index (χ1v) is 10.7. The van der Waals surface area contributed by atoms with E-state index in [-0.39, 0.29) is 12.5 Å². The van der Waals surface area contributed by atoms with E-state index in [1.165, 1.54) is 0 Å². The normalized spacial score (nSPS) is 20.6. The van der Waals surface area contributed by atoms with E-state index in [1.807, 2.05) is 38.4 Å². The molecule has 0 aromatic heterocycles. The third-order valence-corrected chi connectivity index (χ3v) is 5.96. The van der Waals surface area contributed by atoms with Crippen molar-refractivity contribution in [2.45, 2.75) is 37.9 Å². The van der Waals surface area contributed by atoms with Crippen LogP contribution in [0.15, 0.2) is 48.5 Å². The molecule has 0 unspecified atom stereocenters. The number of carbonyl (C=O) groups is 1. The van der Waals surface area contributed by atoms with Crippen molar-refractivity contribution in [2.24, 2.45) is 5.92 Å². The summed E-state index contributed by atoms with van der Waals surface area (Å²) in [6, 6.07) is 14.3. The zero-order chi connectivity index (χ0) is 23.1. The van der Waals surface area contributed by atoms with Crippen molar-refractivity contribution in [1.82, 2.24) is 4.90 Å². The number of nitrogens with zero attached hydrogens (tertiary/aromatic N) is 2. The smallest absolute Gasteiger partial charge is 0.339 e. The molecular weight excluding hydrogens is 412 g/mol. The van der Waals surface area contributed by atoms with Crippen LogP contribution in [0.2, 0.25) is 0 Å². The summed E-state index contributed by atoms with van der Waals surface area (Å²) in [4.78, 5) is 30.2. The molecule has 8 heteroatoms. The number of hydrogen-bond acceptors (Lipinski definition) is 7. The van der Waals surface area contributed by atoms with Gasteiger partial charge in [-0.15, -0.1) is 10.1 Å². The van der Waals surface area contributed by atoms with Crippen LogP contribution in [0.3, 0.4) is 0 Å². The molecule has 3 rings (SSSR count). The van der Waals surface area contributed by atoms with Crippen molar-refractivity contribution in [3.8, 4) is 5.75 Å². The van der Waals surface area contributed by atoms with Crippen LogP contribution >= 0.6 is 0 Å². The standard InChI is InChI=1S/C24H30N2O6/c1-25(2)16-21-7-4-5-14-24(21,20-8-6-9-22(15-20)30-3)32-23(27)19-12-10-18(11-13-19)17-31-26(28)29/h6,8-13,15,21H,4-5,7,14,16-17H2,1-3H3/t21-,24+/m1/s1. The highest BCUT2D eigenvalue weighted by Gasteiger charge is 2.46. The maximum atomic E-state index is 13.2. The summed E-state index contributed by atoms with van der Waals surface area (Å²) in [5, 5.41) is 9.55. The molecule has 2 atom stereocenters. The van der Waals surface area contributed by atoms with E-state index >= 15 is 0 Å². The number of esters is 1. The second-order valence-corrected chi connectivity index (χ2v) is 8.41. The molecule has 1 aliphatic rings. The van der Waals surface area contributed by atoms with Crippen molar-refractivity contribution in [2.75, 3.05) is 27.7 Å². The molecule has 0 saturated heterocycles. The predicted molar refractivity (Wildman–Crippen MR) is 119 cm³/mol. The third-order valence-electron chi connectivity index (χ3n) is 5.96. The molecule has 0 heterocycles. The fourth-order valence-electron chi connectivity index (χ4n) is 4.44. The lowest BCUT2D eigenvalue weighted by Gasteiger charge is -2.45. The van der Waals surface area contributed by atoms with E-state index in [1.54, 1.807) is 31.4 Å². The van der Waals surface area contributed by atoms with E-state index in [4.69, 9.17) is 9.47 Å². The Labute approximate surface area is 188 Å². The summed E-state index contributed by atoms with van der Waals surface area (Å²) >= 11 is 0. The van der Waals surface area contributed by atoms with Gasteiger partial charge in [0.15, 0.2) is 0 Å². The van der Waals surface area contributed by atoms with Crippen LogP contribution in [0.4, 0.5) is 0 Å². The SMILES string of the molecule is COc1cccc([C@@]2(OC(=O)c3ccc(CO[N+](=O)[O-])cc3)CCCC[C@@H]2CN(C)C)c1. The minimum atomic E-state index is -0.839. The van der Waals surface area contributed by atoms with E-state index < -0.39 is 16.7 Å². The van der Waals surface area contributed by atoms with Crippen molar-refractivity contribution in [1.29, 1.82) is 0 Å². The summed E-state index contributed by atoms with van der Waals surface area (Å²) < 4.78 is 11.8. The van der Waals surface area contributed by atoms with Gasteiger partial charge < -0.3 is 19.2 Å². The van der Waals surface area contributed by atoms with Gasteiger partial charge in [0, 0.05) is 12.5 Å². The second-order valence-electron chi connectivity index (χ2n) is 8.41. The zero-order valence-electron chi connectivity index (χ0n) is 18.8. The van der Waals surface area contributed by atoms with E-state index in [9.17, 15) is 14.9 Å². The first-order valence-electron chi connectivity index (χ1n) is 10.7. The average molecular weight is 443 g/mol. The molecule has 0 spiro atoms. The average Bonchev–Trinajstić information content (AvgIpc) is 2.79. The van der Waals surface area contributed by atoms with E-state index in [0.29, 0.717) is 11.1 Å². The molecule has 0 radical (unpaired) electrons. The Morgan fingerprint density at radius 1 is 1.19 bits per heavy atom. The summed E-state index contributed by atoms with van der Waals surface area (Å²) in [6.07, 6.45) is 3.75. The lowest BCUT2D eigenvalue weighted by molar-refractivity contribution is -0.763. The van der Waals surface area contributed by atoms with Gasteiger partial charge in [-0.2, -0.15) is 0 Å². The topological polar surface area (TPSA) is 91.1 Å². The van der Waals surface area contributed by atoms with Crippen molar-refractivity contribution < 1.29 is 24.2 Å². The Kier molecular flexibility index (Phi) is 7.69. The van der Waals surface area contributed by atoms with Gasteiger partial charge in [0.2, 0.25) is 0 Å². The van der Waals surface area contributed by atoms with Crippen LogP contribution in [0.1, 0.15) is 47.2 Å². The lowest BCUT2D eigenvalue weighted by atomic mass is 9.71. The maximum absolute atomic E-state index is 13.2. The first-order chi connectivity index (χ1) is 15.3. The minimum Gasteiger partial charge on any atom is -0.497 e. The zero-order valence-corrected chi connectivity index (χ0v) is 18.8. The van der Waals surface area contributed by atoms with Gasteiger partial charge in [0.25, 0.3) is 5.09 Å². The second kappa shape index (κ2) is 10.5. The molecule has 0 bridgehead atoms. The van der Waals surface area contributed by atoms with Crippen LogP contribution in [-0.2, 0) is 21.8 Å². The Morgan fingerprint density at radius 2 is 1.94 bits per heavy atom. The molecule has 0 aliphatic heterocycles. The van der Waals surface area contributed by atoms with Crippen LogP contribution in [0, 0.1) is 16.0 Å².